The normalized spacial score (nSPS) is 16.3. The highest BCUT2D eigenvalue weighted by atomic mass is 16.6. The number of ether oxygens (including phenoxy) is 1. The lowest BCUT2D eigenvalue weighted by Gasteiger charge is -2.40. The SMILES string of the molecule is CCOC(=O)C1(CCc2ccccc2)CCN(Cc2ccc([N+](=O)[O-])cc2)CC1. The molecule has 0 spiro atoms. The van der Waals surface area contributed by atoms with Gasteiger partial charge in [0, 0.05) is 18.7 Å². The molecule has 1 heterocycles. The lowest BCUT2D eigenvalue weighted by atomic mass is 9.74. The number of benzene rings is 2. The molecule has 1 aliphatic rings. The quantitative estimate of drug-likeness (QED) is 0.376. The summed E-state index contributed by atoms with van der Waals surface area (Å²) in [5, 5.41) is 10.8. The van der Waals surface area contributed by atoms with Crippen molar-refractivity contribution < 1.29 is 14.5 Å². The Morgan fingerprint density at radius 3 is 2.31 bits per heavy atom. The molecule has 0 amide bonds. The molecule has 0 N–H and O–H groups in total. The minimum absolute atomic E-state index is 0.0779. The highest BCUT2D eigenvalue weighted by Crippen LogP contribution is 2.38. The van der Waals surface area contributed by atoms with Crippen molar-refractivity contribution >= 4 is 11.7 Å². The number of rotatable bonds is 8. The fourth-order valence-electron chi connectivity index (χ4n) is 3.99. The molecule has 0 bridgehead atoms. The van der Waals surface area contributed by atoms with E-state index in [1.165, 1.54) is 5.56 Å². The third kappa shape index (κ3) is 5.41. The van der Waals surface area contributed by atoms with E-state index in [1.54, 1.807) is 24.3 Å². The van der Waals surface area contributed by atoms with Crippen LogP contribution in [0.2, 0.25) is 0 Å². The van der Waals surface area contributed by atoms with E-state index in [-0.39, 0.29) is 16.6 Å². The van der Waals surface area contributed by atoms with Crippen LogP contribution in [0, 0.1) is 15.5 Å². The van der Waals surface area contributed by atoms with Crippen molar-refractivity contribution in [2.45, 2.75) is 39.2 Å². The second kappa shape index (κ2) is 9.65. The van der Waals surface area contributed by atoms with Gasteiger partial charge in [0.1, 0.15) is 0 Å². The smallest absolute Gasteiger partial charge is 0.312 e. The molecule has 6 nitrogen and oxygen atoms in total. The third-order valence-corrected chi connectivity index (χ3v) is 5.81. The van der Waals surface area contributed by atoms with Crippen LogP contribution in [-0.2, 0) is 22.5 Å². The first-order chi connectivity index (χ1) is 14.0. The molecule has 6 heteroatoms. The summed E-state index contributed by atoms with van der Waals surface area (Å²) in [5.41, 5.74) is 1.96. The fourth-order valence-corrected chi connectivity index (χ4v) is 3.99. The lowest BCUT2D eigenvalue weighted by Crippen LogP contribution is -2.45. The summed E-state index contributed by atoms with van der Waals surface area (Å²) in [6, 6.07) is 17.0. The molecule has 0 atom stereocenters. The molecule has 29 heavy (non-hydrogen) atoms. The fraction of sp³-hybridized carbons (Fsp3) is 0.435. The van der Waals surface area contributed by atoms with Crippen molar-refractivity contribution in [1.82, 2.24) is 4.90 Å². The zero-order valence-electron chi connectivity index (χ0n) is 16.9. The first-order valence-electron chi connectivity index (χ1n) is 10.2. The predicted molar refractivity (Wildman–Crippen MR) is 111 cm³/mol. The molecule has 0 aliphatic carbocycles. The van der Waals surface area contributed by atoms with Crippen molar-refractivity contribution in [2.24, 2.45) is 5.41 Å². The average Bonchev–Trinajstić information content (AvgIpc) is 2.75. The van der Waals surface area contributed by atoms with Crippen LogP contribution >= 0.6 is 0 Å². The van der Waals surface area contributed by atoms with E-state index in [0.29, 0.717) is 6.61 Å². The number of nitro benzene ring substituents is 1. The van der Waals surface area contributed by atoms with Crippen LogP contribution in [0.25, 0.3) is 0 Å². The highest BCUT2D eigenvalue weighted by Gasteiger charge is 2.42. The van der Waals surface area contributed by atoms with Gasteiger partial charge in [-0.1, -0.05) is 42.5 Å². The third-order valence-electron chi connectivity index (χ3n) is 5.81. The van der Waals surface area contributed by atoms with Crippen molar-refractivity contribution in [3.05, 3.63) is 75.8 Å². The van der Waals surface area contributed by atoms with Crippen LogP contribution in [0.3, 0.4) is 0 Å². The number of hydrogen-bond acceptors (Lipinski definition) is 5. The van der Waals surface area contributed by atoms with E-state index in [2.05, 4.69) is 17.0 Å². The molecule has 1 fully saturated rings. The van der Waals surface area contributed by atoms with E-state index in [0.717, 1.165) is 50.9 Å². The number of carbonyl (C=O) groups is 1. The molecule has 2 aromatic carbocycles. The molecule has 1 aliphatic heterocycles. The molecule has 154 valence electrons. The standard InChI is InChI=1S/C23H28N2O4/c1-2-29-22(26)23(13-12-19-6-4-3-5-7-19)14-16-24(17-15-23)18-20-8-10-21(11-9-20)25(27)28/h3-11H,2,12-18H2,1H3. The Balaban J connectivity index is 1.62. The number of hydrogen-bond donors (Lipinski definition) is 0. The minimum atomic E-state index is -0.433. The summed E-state index contributed by atoms with van der Waals surface area (Å²) < 4.78 is 5.44. The second-order valence-electron chi connectivity index (χ2n) is 7.69. The van der Waals surface area contributed by atoms with E-state index in [4.69, 9.17) is 4.74 Å². The van der Waals surface area contributed by atoms with Crippen LogP contribution in [0.4, 0.5) is 5.69 Å². The van der Waals surface area contributed by atoms with Crippen molar-refractivity contribution in [1.29, 1.82) is 0 Å². The molecule has 2 aromatic rings. The summed E-state index contributed by atoms with van der Waals surface area (Å²) in [4.78, 5) is 25.5. The first-order valence-corrected chi connectivity index (χ1v) is 10.2. The van der Waals surface area contributed by atoms with Gasteiger partial charge in [0.15, 0.2) is 0 Å². The molecule has 3 rings (SSSR count). The summed E-state index contributed by atoms with van der Waals surface area (Å²) in [6.45, 7) is 4.61. The number of piperidine rings is 1. The van der Waals surface area contributed by atoms with Gasteiger partial charge < -0.3 is 4.74 Å². The summed E-state index contributed by atoms with van der Waals surface area (Å²) in [5.74, 6) is -0.0779. The van der Waals surface area contributed by atoms with Gasteiger partial charge in [-0.2, -0.15) is 0 Å². The molecule has 0 unspecified atom stereocenters. The Morgan fingerprint density at radius 1 is 1.07 bits per heavy atom. The average molecular weight is 396 g/mol. The van der Waals surface area contributed by atoms with Gasteiger partial charge in [-0.25, -0.2) is 0 Å². The van der Waals surface area contributed by atoms with E-state index in [1.807, 2.05) is 25.1 Å². The van der Waals surface area contributed by atoms with Gasteiger partial charge in [-0.3, -0.25) is 19.8 Å². The highest BCUT2D eigenvalue weighted by molar-refractivity contribution is 5.77. The topological polar surface area (TPSA) is 72.7 Å². The molecule has 0 aromatic heterocycles. The Bertz CT molecular complexity index is 813. The number of nitrogens with zero attached hydrogens (tertiary/aromatic N) is 2. The number of esters is 1. The Kier molecular flexibility index (Phi) is 6.99. The number of aryl methyl sites for hydroxylation is 1. The zero-order chi connectivity index (χ0) is 20.7. The van der Waals surface area contributed by atoms with Gasteiger partial charge in [0.05, 0.1) is 16.9 Å². The Hall–Kier alpha value is -2.73. The van der Waals surface area contributed by atoms with Crippen molar-refractivity contribution in [3.8, 4) is 0 Å². The maximum absolute atomic E-state index is 12.8. The van der Waals surface area contributed by atoms with Crippen LogP contribution in [0.5, 0.6) is 0 Å². The maximum atomic E-state index is 12.8. The Morgan fingerprint density at radius 2 is 1.72 bits per heavy atom. The van der Waals surface area contributed by atoms with Gasteiger partial charge >= 0.3 is 5.97 Å². The number of non-ortho nitro benzene ring substituents is 1. The Labute approximate surface area is 171 Å². The van der Waals surface area contributed by atoms with Crippen LogP contribution in [-0.4, -0.2) is 35.5 Å². The van der Waals surface area contributed by atoms with Gasteiger partial charge in [-0.05, 0) is 56.8 Å². The van der Waals surface area contributed by atoms with Crippen LogP contribution in [0.1, 0.15) is 37.3 Å². The number of nitro groups is 1. The zero-order valence-corrected chi connectivity index (χ0v) is 16.9. The van der Waals surface area contributed by atoms with Crippen LogP contribution < -0.4 is 0 Å². The number of carbonyl (C=O) groups excluding carboxylic acids is 1. The van der Waals surface area contributed by atoms with Crippen LogP contribution in [0.15, 0.2) is 54.6 Å². The predicted octanol–water partition coefficient (Wildman–Crippen LogP) is 4.37. The molecular formula is C23H28N2O4. The maximum Gasteiger partial charge on any atom is 0.312 e. The van der Waals surface area contributed by atoms with Gasteiger partial charge in [0.25, 0.3) is 5.69 Å². The monoisotopic (exact) mass is 396 g/mol. The molecule has 0 radical (unpaired) electrons. The van der Waals surface area contributed by atoms with Gasteiger partial charge in [-0.15, -0.1) is 0 Å². The molecular weight excluding hydrogens is 368 g/mol. The summed E-state index contributed by atoms with van der Waals surface area (Å²) >= 11 is 0. The van der Waals surface area contributed by atoms with E-state index in [9.17, 15) is 14.9 Å². The number of likely N-dealkylation sites (tertiary alicyclic amines) is 1. The van der Waals surface area contributed by atoms with Crippen molar-refractivity contribution in [3.63, 3.8) is 0 Å². The molecule has 0 saturated carbocycles. The second-order valence-corrected chi connectivity index (χ2v) is 7.69. The van der Waals surface area contributed by atoms with E-state index < -0.39 is 5.41 Å². The van der Waals surface area contributed by atoms with Crippen molar-refractivity contribution in [2.75, 3.05) is 19.7 Å². The summed E-state index contributed by atoms with van der Waals surface area (Å²) in [6.07, 6.45) is 3.19. The minimum Gasteiger partial charge on any atom is -0.466 e. The molecule has 1 saturated heterocycles. The summed E-state index contributed by atoms with van der Waals surface area (Å²) in [7, 11) is 0. The largest absolute Gasteiger partial charge is 0.466 e. The first kappa shape index (κ1) is 21.0. The van der Waals surface area contributed by atoms with E-state index >= 15 is 0 Å². The lowest BCUT2D eigenvalue weighted by molar-refractivity contribution is -0.384. The van der Waals surface area contributed by atoms with Gasteiger partial charge in [0.2, 0.25) is 0 Å².